The van der Waals surface area contributed by atoms with Gasteiger partial charge in [0, 0.05) is 18.8 Å². The number of benzene rings is 2. The van der Waals surface area contributed by atoms with Gasteiger partial charge in [0.05, 0.1) is 18.2 Å². The van der Waals surface area contributed by atoms with Crippen molar-refractivity contribution in [3.05, 3.63) is 59.4 Å². The molecule has 1 aliphatic carbocycles. The lowest BCUT2D eigenvalue weighted by Gasteiger charge is -2.27. The van der Waals surface area contributed by atoms with Crippen molar-refractivity contribution in [1.29, 1.82) is 0 Å². The number of aromatic amines is 1. The zero-order chi connectivity index (χ0) is 21.9. The van der Waals surface area contributed by atoms with Gasteiger partial charge in [-0.3, -0.25) is 4.79 Å². The predicted octanol–water partition coefficient (Wildman–Crippen LogP) is 4.93. The number of H-pyrrole nitrogens is 1. The van der Waals surface area contributed by atoms with Crippen molar-refractivity contribution in [2.45, 2.75) is 37.5 Å². The number of primary amides is 1. The summed E-state index contributed by atoms with van der Waals surface area (Å²) >= 11 is 0. The normalized spacial score (nSPS) is 17.8. The molecule has 0 bridgehead atoms. The van der Waals surface area contributed by atoms with Crippen molar-refractivity contribution in [2.24, 2.45) is 5.73 Å². The molecule has 1 amide bonds. The fourth-order valence-corrected chi connectivity index (χ4v) is 3.49. The Bertz CT molecular complexity index is 1050. The van der Waals surface area contributed by atoms with Crippen molar-refractivity contribution < 1.29 is 27.1 Å². The van der Waals surface area contributed by atoms with E-state index in [1.54, 1.807) is 18.2 Å². The van der Waals surface area contributed by atoms with Crippen molar-refractivity contribution in [2.75, 3.05) is 7.11 Å². The van der Waals surface area contributed by atoms with Crippen molar-refractivity contribution in [1.82, 2.24) is 9.97 Å². The molecule has 5 nitrogen and oxygen atoms in total. The van der Waals surface area contributed by atoms with Crippen LogP contribution in [0.5, 0.6) is 5.75 Å². The first kappa shape index (κ1) is 21.6. The van der Waals surface area contributed by atoms with E-state index in [-0.39, 0.29) is 24.5 Å². The topological polar surface area (TPSA) is 81.0 Å². The number of rotatable bonds is 3. The smallest absolute Gasteiger partial charge is 0.250 e. The number of nitrogens with one attached hydrogen (secondary N) is 1. The molecule has 1 aliphatic rings. The number of nitrogens with zero attached hydrogens (tertiary/aromatic N) is 1. The summed E-state index contributed by atoms with van der Waals surface area (Å²) < 4.78 is 56.3. The predicted molar refractivity (Wildman–Crippen MR) is 104 cm³/mol. The van der Waals surface area contributed by atoms with Crippen LogP contribution >= 0.6 is 0 Å². The number of carbonyl (C=O) groups excluding carboxylic acids is 1. The van der Waals surface area contributed by atoms with Gasteiger partial charge >= 0.3 is 0 Å². The molecule has 1 heterocycles. The van der Waals surface area contributed by atoms with Gasteiger partial charge in [-0.1, -0.05) is 12.1 Å². The molecule has 0 saturated heterocycles. The van der Waals surface area contributed by atoms with Crippen LogP contribution in [0.3, 0.4) is 0 Å². The van der Waals surface area contributed by atoms with Crippen LogP contribution in [0, 0.1) is 11.6 Å². The van der Waals surface area contributed by atoms with Crippen LogP contribution in [-0.4, -0.2) is 28.9 Å². The second kappa shape index (κ2) is 8.73. The molecule has 0 aliphatic heterocycles. The third-order valence-corrected chi connectivity index (χ3v) is 4.96. The summed E-state index contributed by atoms with van der Waals surface area (Å²) in [7, 11) is 1.29. The largest absolute Gasteiger partial charge is 0.494 e. The van der Waals surface area contributed by atoms with Gasteiger partial charge in [0.15, 0.2) is 11.6 Å². The Labute approximate surface area is 170 Å². The monoisotopic (exact) mass is 423 g/mol. The van der Waals surface area contributed by atoms with E-state index in [1.165, 1.54) is 19.2 Å². The summed E-state index contributed by atoms with van der Waals surface area (Å²) in [4.78, 5) is 18.7. The zero-order valence-electron chi connectivity index (χ0n) is 16.2. The summed E-state index contributed by atoms with van der Waals surface area (Å²) in [5.74, 6) is -4.87. The molecule has 3 aromatic rings. The number of ether oxygens (including phenoxy) is 1. The molecule has 1 aromatic heterocycles. The number of methoxy groups -OCH3 is 1. The van der Waals surface area contributed by atoms with E-state index in [1.807, 2.05) is 0 Å². The fourth-order valence-electron chi connectivity index (χ4n) is 3.49. The highest BCUT2D eigenvalue weighted by molar-refractivity contribution is 6.04. The van der Waals surface area contributed by atoms with Gasteiger partial charge in [-0.2, -0.15) is 4.39 Å². The standard InChI is InChI=1S/C14H15F2N3O.C7H6F2O/c15-14(16)6-2-3-8(7-14)13-18-10-5-1-4-9(12(17)20)11(10)19-13;1-10-6-4-2-3-5(8)7(6)9/h1,4-5,8H,2-3,6-7H2,(H2,17,20)(H,18,19);2-4H,1H3/t8-;/m0./s1. The minimum Gasteiger partial charge on any atom is -0.494 e. The summed E-state index contributed by atoms with van der Waals surface area (Å²) in [5, 5.41) is 0. The first-order valence-electron chi connectivity index (χ1n) is 9.36. The van der Waals surface area contributed by atoms with E-state index in [4.69, 9.17) is 5.73 Å². The van der Waals surface area contributed by atoms with Gasteiger partial charge in [-0.15, -0.1) is 0 Å². The SMILES string of the molecule is COc1cccc(F)c1F.NC(=O)c1cccc2[nH]c([C@H]3CCCC(F)(F)C3)nc12. The fraction of sp³-hybridized carbons (Fsp3) is 0.333. The Kier molecular flexibility index (Phi) is 6.28. The van der Waals surface area contributed by atoms with Crippen molar-refractivity contribution in [3.63, 3.8) is 0 Å². The number of aromatic nitrogens is 2. The number of para-hydroxylation sites is 1. The van der Waals surface area contributed by atoms with E-state index in [2.05, 4.69) is 14.7 Å². The minimum atomic E-state index is -2.63. The molecule has 3 N–H and O–H groups in total. The molecule has 1 atom stereocenters. The highest BCUT2D eigenvalue weighted by Gasteiger charge is 2.38. The van der Waals surface area contributed by atoms with Crippen LogP contribution in [0.15, 0.2) is 36.4 Å². The molecule has 0 unspecified atom stereocenters. The summed E-state index contributed by atoms with van der Waals surface area (Å²) in [6, 6.07) is 8.83. The molecule has 9 heteroatoms. The van der Waals surface area contributed by atoms with Crippen LogP contribution in [0.25, 0.3) is 11.0 Å². The van der Waals surface area contributed by atoms with E-state index in [9.17, 15) is 22.4 Å². The lowest BCUT2D eigenvalue weighted by molar-refractivity contribution is -0.0416. The lowest BCUT2D eigenvalue weighted by Crippen LogP contribution is -2.25. The Morgan fingerprint density at radius 2 is 1.97 bits per heavy atom. The molecule has 2 aromatic carbocycles. The quantitative estimate of drug-likeness (QED) is 0.587. The first-order chi connectivity index (χ1) is 14.2. The third-order valence-electron chi connectivity index (χ3n) is 4.96. The Hall–Kier alpha value is -3.10. The number of imidazole rings is 1. The second-order valence-electron chi connectivity index (χ2n) is 7.09. The molecule has 0 radical (unpaired) electrons. The molecule has 0 spiro atoms. The number of amides is 1. The van der Waals surface area contributed by atoms with Gasteiger partial charge in [0.1, 0.15) is 11.3 Å². The van der Waals surface area contributed by atoms with Crippen molar-refractivity contribution >= 4 is 16.9 Å². The van der Waals surface area contributed by atoms with Gasteiger partial charge in [-0.25, -0.2) is 18.2 Å². The van der Waals surface area contributed by atoms with Crippen LogP contribution in [-0.2, 0) is 0 Å². The Morgan fingerprint density at radius 3 is 2.60 bits per heavy atom. The molecule has 1 fully saturated rings. The number of hydrogen-bond donors (Lipinski definition) is 2. The van der Waals surface area contributed by atoms with Crippen LogP contribution in [0.1, 0.15) is 47.8 Å². The number of nitrogens with two attached hydrogens (primary N) is 1. The average Bonchev–Trinajstić information content (AvgIpc) is 3.14. The number of halogens is 4. The van der Waals surface area contributed by atoms with E-state index in [0.29, 0.717) is 35.3 Å². The van der Waals surface area contributed by atoms with Gasteiger partial charge in [0.25, 0.3) is 5.91 Å². The van der Waals surface area contributed by atoms with E-state index < -0.39 is 23.5 Å². The van der Waals surface area contributed by atoms with Crippen LogP contribution < -0.4 is 10.5 Å². The number of fused-ring (bicyclic) bond motifs is 1. The number of carbonyl (C=O) groups is 1. The molecule has 30 heavy (non-hydrogen) atoms. The highest BCUT2D eigenvalue weighted by Crippen LogP contribution is 2.41. The highest BCUT2D eigenvalue weighted by atomic mass is 19.3. The first-order valence-corrected chi connectivity index (χ1v) is 9.36. The van der Waals surface area contributed by atoms with Gasteiger partial charge in [0.2, 0.25) is 11.7 Å². The van der Waals surface area contributed by atoms with Gasteiger partial charge < -0.3 is 15.5 Å². The molecular weight excluding hydrogens is 402 g/mol. The lowest BCUT2D eigenvalue weighted by atomic mass is 9.86. The number of alkyl halides is 2. The third kappa shape index (κ3) is 4.72. The Balaban J connectivity index is 0.000000216. The number of hydrogen-bond acceptors (Lipinski definition) is 3. The maximum Gasteiger partial charge on any atom is 0.250 e. The summed E-state index contributed by atoms with van der Waals surface area (Å²) in [5.41, 5.74) is 6.73. The van der Waals surface area contributed by atoms with Crippen molar-refractivity contribution in [3.8, 4) is 5.75 Å². The summed E-state index contributed by atoms with van der Waals surface area (Å²) in [6.07, 6.45) is 0.910. The minimum absolute atomic E-state index is 0.0593. The second-order valence-corrected chi connectivity index (χ2v) is 7.09. The van der Waals surface area contributed by atoms with Crippen LogP contribution in [0.4, 0.5) is 17.6 Å². The van der Waals surface area contributed by atoms with E-state index >= 15 is 0 Å². The summed E-state index contributed by atoms with van der Waals surface area (Å²) in [6.45, 7) is 0. The maximum atomic E-state index is 13.5. The van der Waals surface area contributed by atoms with Crippen LogP contribution in [0.2, 0.25) is 0 Å². The molecule has 4 rings (SSSR count). The average molecular weight is 423 g/mol. The van der Waals surface area contributed by atoms with Gasteiger partial charge in [-0.05, 0) is 37.1 Å². The Morgan fingerprint density at radius 1 is 1.23 bits per heavy atom. The molecule has 1 saturated carbocycles. The maximum absolute atomic E-state index is 13.5. The molecular formula is C21H21F4N3O2. The molecule has 160 valence electrons. The zero-order valence-corrected chi connectivity index (χ0v) is 16.2. The van der Waals surface area contributed by atoms with E-state index in [0.717, 1.165) is 6.07 Å².